The van der Waals surface area contributed by atoms with Gasteiger partial charge in [0.05, 0.1) is 6.42 Å². The van der Waals surface area contributed by atoms with E-state index in [1.807, 2.05) is 30.3 Å². The predicted octanol–water partition coefficient (Wildman–Crippen LogP) is 1.83. The lowest BCUT2D eigenvalue weighted by Gasteiger charge is -1.92. The normalized spacial score (nSPS) is 9.30. The smallest absolute Gasteiger partial charge is 0.138 e. The van der Waals surface area contributed by atoms with Gasteiger partial charge >= 0.3 is 0 Å². The topological polar surface area (TPSA) is 17.1 Å². The summed E-state index contributed by atoms with van der Waals surface area (Å²) < 4.78 is 0. The van der Waals surface area contributed by atoms with E-state index in [0.717, 1.165) is 5.56 Å². The molecule has 0 amide bonds. The highest BCUT2D eigenvalue weighted by Crippen LogP contribution is 2.01. The van der Waals surface area contributed by atoms with Crippen molar-refractivity contribution < 1.29 is 4.79 Å². The predicted molar refractivity (Wildman–Crippen MR) is 40.5 cm³/mol. The van der Waals surface area contributed by atoms with Crippen LogP contribution in [0.3, 0.4) is 0 Å². The van der Waals surface area contributed by atoms with E-state index in [2.05, 4.69) is 0 Å². The Morgan fingerprint density at radius 2 is 1.90 bits per heavy atom. The summed E-state index contributed by atoms with van der Waals surface area (Å²) in [4.78, 5) is 10.6. The molecule has 0 unspecified atom stereocenters. The van der Waals surface area contributed by atoms with Gasteiger partial charge in [-0.3, -0.25) is 4.79 Å². The van der Waals surface area contributed by atoms with E-state index < -0.39 is 0 Å². The van der Waals surface area contributed by atoms with Crippen LogP contribution in [0, 0.1) is 6.42 Å². The van der Waals surface area contributed by atoms with Crippen molar-refractivity contribution in [2.24, 2.45) is 0 Å². The lowest BCUT2D eigenvalue weighted by molar-refractivity contribution is -0.113. The Kier molecular flexibility index (Phi) is 2.21. The van der Waals surface area contributed by atoms with Gasteiger partial charge in [-0.25, -0.2) is 0 Å². The van der Waals surface area contributed by atoms with Gasteiger partial charge in [-0.15, -0.1) is 0 Å². The van der Waals surface area contributed by atoms with Crippen LogP contribution in [-0.2, 0) is 4.79 Å². The van der Waals surface area contributed by atoms with Gasteiger partial charge in [0, 0.05) is 0 Å². The molecule has 0 atom stereocenters. The first-order valence-electron chi connectivity index (χ1n) is 3.19. The van der Waals surface area contributed by atoms with Gasteiger partial charge in [0.1, 0.15) is 5.78 Å². The van der Waals surface area contributed by atoms with E-state index in [1.54, 1.807) is 13.3 Å². The van der Waals surface area contributed by atoms with Gasteiger partial charge in [0.15, 0.2) is 0 Å². The summed E-state index contributed by atoms with van der Waals surface area (Å²) >= 11 is 0. The first kappa shape index (κ1) is 7.00. The molecule has 10 heavy (non-hydrogen) atoms. The lowest BCUT2D eigenvalue weighted by atomic mass is 10.1. The highest BCUT2D eigenvalue weighted by Gasteiger charge is 1.94. The summed E-state index contributed by atoms with van der Waals surface area (Å²) in [5.74, 6) is 0.0891. The fraction of sp³-hybridized carbons (Fsp3) is 0.111. The quantitative estimate of drug-likeness (QED) is 0.601. The van der Waals surface area contributed by atoms with Crippen molar-refractivity contribution in [1.82, 2.24) is 0 Å². The second-order valence-electron chi connectivity index (χ2n) is 2.17. The van der Waals surface area contributed by atoms with Crippen LogP contribution in [0.2, 0.25) is 0 Å². The van der Waals surface area contributed by atoms with Crippen molar-refractivity contribution in [3.05, 3.63) is 42.3 Å². The van der Waals surface area contributed by atoms with Crippen LogP contribution in [0.5, 0.6) is 0 Å². The molecule has 0 N–H and O–H groups in total. The molecule has 0 aliphatic heterocycles. The number of ketones is 1. The Morgan fingerprint density at radius 3 is 2.40 bits per heavy atom. The number of Topliss-reactive ketones (excluding diaryl/α,β-unsaturated/α-hetero) is 1. The van der Waals surface area contributed by atoms with E-state index in [0.29, 0.717) is 0 Å². The van der Waals surface area contributed by atoms with E-state index >= 15 is 0 Å². The first-order chi connectivity index (χ1) is 4.79. The molecule has 0 aliphatic rings. The molecule has 1 radical (unpaired) electrons. The summed E-state index contributed by atoms with van der Waals surface area (Å²) in [6.45, 7) is 1.55. The van der Waals surface area contributed by atoms with Crippen molar-refractivity contribution in [2.75, 3.05) is 0 Å². The number of hydrogen-bond donors (Lipinski definition) is 0. The first-order valence-corrected chi connectivity index (χ1v) is 3.19. The molecule has 0 aliphatic carbocycles. The lowest BCUT2D eigenvalue weighted by Crippen LogP contribution is -1.91. The second kappa shape index (κ2) is 3.16. The van der Waals surface area contributed by atoms with Gasteiger partial charge in [-0.2, -0.15) is 0 Å². The molecule has 0 aromatic heterocycles. The summed E-state index contributed by atoms with van der Waals surface area (Å²) in [5.41, 5.74) is 0.968. The van der Waals surface area contributed by atoms with Gasteiger partial charge < -0.3 is 0 Å². The number of rotatable bonds is 2. The Morgan fingerprint density at radius 1 is 1.30 bits per heavy atom. The third-order valence-electron chi connectivity index (χ3n) is 1.17. The van der Waals surface area contributed by atoms with Gasteiger partial charge in [-0.05, 0) is 12.5 Å². The Labute approximate surface area is 60.7 Å². The fourth-order valence-electron chi connectivity index (χ4n) is 0.784. The van der Waals surface area contributed by atoms with Crippen LogP contribution in [0.25, 0.3) is 0 Å². The van der Waals surface area contributed by atoms with Crippen molar-refractivity contribution in [2.45, 2.75) is 6.92 Å². The molecule has 0 saturated heterocycles. The summed E-state index contributed by atoms with van der Waals surface area (Å²) in [6.07, 6.45) is 1.61. The molecule has 0 heterocycles. The maximum Gasteiger partial charge on any atom is 0.138 e. The minimum atomic E-state index is 0.0891. The molecule has 1 aromatic rings. The highest BCUT2D eigenvalue weighted by molar-refractivity contribution is 5.88. The molecule has 1 aromatic carbocycles. The second-order valence-corrected chi connectivity index (χ2v) is 2.17. The van der Waals surface area contributed by atoms with Crippen molar-refractivity contribution >= 4 is 5.78 Å². The van der Waals surface area contributed by atoms with E-state index in [9.17, 15) is 4.79 Å². The number of benzene rings is 1. The Hall–Kier alpha value is -1.11. The third kappa shape index (κ3) is 2.02. The zero-order valence-corrected chi connectivity index (χ0v) is 5.87. The average molecular weight is 133 g/mol. The van der Waals surface area contributed by atoms with Crippen LogP contribution in [0.15, 0.2) is 30.3 Å². The molecule has 1 nitrogen and oxygen atoms in total. The zero-order chi connectivity index (χ0) is 7.40. The standard InChI is InChI=1S/C9H9O/c1-8(10)7-9-5-3-2-4-6-9/h2-7H,1H3. The van der Waals surface area contributed by atoms with Crippen LogP contribution >= 0.6 is 0 Å². The van der Waals surface area contributed by atoms with Crippen molar-refractivity contribution in [3.8, 4) is 0 Å². The monoisotopic (exact) mass is 133 g/mol. The number of carbonyl (C=O) groups is 1. The largest absolute Gasteiger partial charge is 0.299 e. The summed E-state index contributed by atoms with van der Waals surface area (Å²) in [6, 6.07) is 9.56. The average Bonchev–Trinajstić information content (AvgIpc) is 1.88. The molecule has 0 saturated carbocycles. The summed E-state index contributed by atoms with van der Waals surface area (Å²) in [5, 5.41) is 0. The molecule has 51 valence electrons. The fourth-order valence-corrected chi connectivity index (χ4v) is 0.784. The van der Waals surface area contributed by atoms with Gasteiger partial charge in [0.25, 0.3) is 0 Å². The molecular formula is C9H9O. The summed E-state index contributed by atoms with van der Waals surface area (Å²) in [7, 11) is 0. The number of hydrogen-bond acceptors (Lipinski definition) is 1. The SMILES string of the molecule is CC(=O)[CH]c1ccccc1. The van der Waals surface area contributed by atoms with E-state index in [-0.39, 0.29) is 5.78 Å². The Balaban J connectivity index is 2.67. The highest BCUT2D eigenvalue weighted by atomic mass is 16.1. The van der Waals surface area contributed by atoms with E-state index in [4.69, 9.17) is 0 Å². The van der Waals surface area contributed by atoms with Crippen LogP contribution < -0.4 is 0 Å². The van der Waals surface area contributed by atoms with Gasteiger partial charge in [0.2, 0.25) is 0 Å². The Bertz CT molecular complexity index is 213. The van der Waals surface area contributed by atoms with Crippen LogP contribution in [0.1, 0.15) is 12.5 Å². The van der Waals surface area contributed by atoms with E-state index in [1.165, 1.54) is 0 Å². The third-order valence-corrected chi connectivity index (χ3v) is 1.17. The molecule has 1 heteroatoms. The molecule has 1 rings (SSSR count). The molecule has 0 fully saturated rings. The van der Waals surface area contributed by atoms with Crippen molar-refractivity contribution in [3.63, 3.8) is 0 Å². The zero-order valence-electron chi connectivity index (χ0n) is 5.87. The minimum Gasteiger partial charge on any atom is -0.299 e. The minimum absolute atomic E-state index is 0.0891. The van der Waals surface area contributed by atoms with Crippen LogP contribution in [0.4, 0.5) is 0 Å². The molecular weight excluding hydrogens is 124 g/mol. The number of carbonyl (C=O) groups excluding carboxylic acids is 1. The molecule has 0 spiro atoms. The maximum absolute atomic E-state index is 10.6. The van der Waals surface area contributed by atoms with Crippen molar-refractivity contribution in [1.29, 1.82) is 0 Å². The molecule has 0 bridgehead atoms. The van der Waals surface area contributed by atoms with Crippen LogP contribution in [-0.4, -0.2) is 5.78 Å². The maximum atomic E-state index is 10.6. The van der Waals surface area contributed by atoms with Gasteiger partial charge in [-0.1, -0.05) is 30.3 Å².